The van der Waals surface area contributed by atoms with Gasteiger partial charge in [0, 0.05) is 6.54 Å². The first kappa shape index (κ1) is 15.3. The summed E-state index contributed by atoms with van der Waals surface area (Å²) in [7, 11) is 0. The minimum atomic E-state index is -0.906. The molecule has 0 aromatic carbocycles. The fraction of sp³-hybridized carbons (Fsp3) is 0.538. The van der Waals surface area contributed by atoms with Gasteiger partial charge in [0.05, 0.1) is 17.5 Å². The molecule has 1 fully saturated rings. The number of nitrogen functional groups attached to an aromatic ring is 1. The zero-order valence-electron chi connectivity index (χ0n) is 12.5. The van der Waals surface area contributed by atoms with Crippen LogP contribution in [0.5, 0.6) is 0 Å². The smallest absolute Gasteiger partial charge is 0.407 e. The molecule has 1 aliphatic rings. The number of nitrogens with two attached hydrogens (primary N) is 1. The Morgan fingerprint density at radius 3 is 2.73 bits per heavy atom. The van der Waals surface area contributed by atoms with Crippen LogP contribution in [0.2, 0.25) is 0 Å². The van der Waals surface area contributed by atoms with Gasteiger partial charge in [-0.15, -0.1) is 0 Å². The van der Waals surface area contributed by atoms with Gasteiger partial charge in [-0.25, -0.2) is 19.4 Å². The summed E-state index contributed by atoms with van der Waals surface area (Å²) in [5, 5.41) is 14.6. The number of fused-ring (bicyclic) bond motifs is 1. The molecule has 22 heavy (non-hydrogen) atoms. The van der Waals surface area contributed by atoms with Crippen LogP contribution in [0.4, 0.5) is 10.6 Å². The fourth-order valence-corrected chi connectivity index (χ4v) is 3.87. The molecule has 2 aromatic rings. The molecule has 3 heterocycles. The van der Waals surface area contributed by atoms with Crippen molar-refractivity contribution in [1.29, 1.82) is 0 Å². The van der Waals surface area contributed by atoms with Crippen LogP contribution in [0.3, 0.4) is 0 Å². The molecular weight excluding hydrogens is 399 g/mol. The van der Waals surface area contributed by atoms with Crippen LogP contribution in [-0.2, 0) is 0 Å². The number of carbonyl (C=O) groups is 1. The monoisotopic (exact) mass is 416 g/mol. The number of aromatic nitrogens is 4. The molecule has 2 atom stereocenters. The van der Waals surface area contributed by atoms with E-state index in [-0.39, 0.29) is 17.5 Å². The van der Waals surface area contributed by atoms with Crippen molar-refractivity contribution in [2.75, 3.05) is 12.3 Å². The molecule has 3 N–H and O–H groups in total. The summed E-state index contributed by atoms with van der Waals surface area (Å²) in [6.07, 6.45) is 0.502. The SMILES string of the molecule is CC(C)(C)C1C(n2nc(I)c3c(N)ncnc32)CN1C(=O)O. The highest BCUT2D eigenvalue weighted by molar-refractivity contribution is 14.1. The maximum absolute atomic E-state index is 11.4. The Balaban J connectivity index is 2.09. The zero-order valence-corrected chi connectivity index (χ0v) is 14.6. The second kappa shape index (κ2) is 4.93. The molecule has 0 bridgehead atoms. The lowest BCUT2D eigenvalue weighted by Crippen LogP contribution is -2.63. The predicted octanol–water partition coefficient (Wildman–Crippen LogP) is 1.96. The molecule has 8 nitrogen and oxygen atoms in total. The first-order valence-corrected chi connectivity index (χ1v) is 7.93. The standard InChI is InChI=1S/C13H17IN6O2/c1-13(2,3)8-6(4-19(8)12(21)22)20-11-7(9(14)18-20)10(15)16-5-17-11/h5-6,8H,4H2,1-3H3,(H,21,22)(H2,15,16,17). The number of hydrogen-bond acceptors (Lipinski definition) is 5. The summed E-state index contributed by atoms with van der Waals surface area (Å²) in [4.78, 5) is 21.1. The first-order chi connectivity index (χ1) is 10.2. The number of likely N-dealkylation sites (tertiary alicyclic amines) is 1. The number of carboxylic acid groups (broad SMARTS) is 1. The van der Waals surface area contributed by atoms with Crippen molar-refractivity contribution in [2.24, 2.45) is 5.41 Å². The number of amides is 1. The van der Waals surface area contributed by atoms with Gasteiger partial charge < -0.3 is 15.7 Å². The van der Waals surface area contributed by atoms with Crippen molar-refractivity contribution in [3.8, 4) is 0 Å². The highest BCUT2D eigenvalue weighted by atomic mass is 127. The molecule has 1 saturated heterocycles. The molecule has 0 spiro atoms. The van der Waals surface area contributed by atoms with E-state index in [1.807, 2.05) is 20.8 Å². The Kier molecular flexibility index (Phi) is 3.42. The quantitative estimate of drug-likeness (QED) is 0.688. The lowest BCUT2D eigenvalue weighted by molar-refractivity contribution is -0.0306. The Morgan fingerprint density at radius 2 is 2.14 bits per heavy atom. The fourth-order valence-electron chi connectivity index (χ4n) is 3.12. The van der Waals surface area contributed by atoms with Gasteiger partial charge in [0.1, 0.15) is 15.8 Å². The second-order valence-corrected chi connectivity index (χ2v) is 7.53. The molecule has 3 rings (SSSR count). The Morgan fingerprint density at radius 1 is 1.45 bits per heavy atom. The number of rotatable bonds is 1. The van der Waals surface area contributed by atoms with E-state index >= 15 is 0 Å². The second-order valence-electron chi connectivity index (χ2n) is 6.51. The summed E-state index contributed by atoms with van der Waals surface area (Å²) >= 11 is 2.10. The number of hydrogen-bond donors (Lipinski definition) is 2. The van der Waals surface area contributed by atoms with Crippen LogP contribution in [0, 0.1) is 9.12 Å². The Labute approximate surface area is 140 Å². The van der Waals surface area contributed by atoms with Crippen molar-refractivity contribution in [3.05, 3.63) is 10.0 Å². The minimum absolute atomic E-state index is 0.0589. The average molecular weight is 416 g/mol. The maximum Gasteiger partial charge on any atom is 0.407 e. The third-order valence-corrected chi connectivity index (χ3v) is 4.76. The van der Waals surface area contributed by atoms with Gasteiger partial charge in [0.25, 0.3) is 0 Å². The summed E-state index contributed by atoms with van der Waals surface area (Å²) < 4.78 is 2.52. The van der Waals surface area contributed by atoms with Crippen molar-refractivity contribution < 1.29 is 9.90 Å². The van der Waals surface area contributed by atoms with E-state index in [1.54, 1.807) is 4.68 Å². The summed E-state index contributed by atoms with van der Waals surface area (Å²) in [5.74, 6) is 0.391. The Bertz CT molecular complexity index is 753. The third kappa shape index (κ3) is 2.18. The first-order valence-electron chi connectivity index (χ1n) is 6.85. The highest BCUT2D eigenvalue weighted by Crippen LogP contribution is 2.42. The molecule has 2 aromatic heterocycles. The van der Waals surface area contributed by atoms with Gasteiger partial charge in [0.2, 0.25) is 0 Å². The van der Waals surface area contributed by atoms with Crippen molar-refractivity contribution in [1.82, 2.24) is 24.6 Å². The summed E-state index contributed by atoms with van der Waals surface area (Å²) in [6.45, 7) is 6.48. The Hall–Kier alpha value is -1.65. The van der Waals surface area contributed by atoms with Gasteiger partial charge in [-0.3, -0.25) is 0 Å². The highest BCUT2D eigenvalue weighted by Gasteiger charge is 2.50. The van der Waals surface area contributed by atoms with E-state index < -0.39 is 6.09 Å². The van der Waals surface area contributed by atoms with E-state index in [4.69, 9.17) is 5.73 Å². The van der Waals surface area contributed by atoms with Gasteiger partial charge in [-0.2, -0.15) is 5.10 Å². The molecule has 2 unspecified atom stereocenters. The largest absolute Gasteiger partial charge is 0.465 e. The molecule has 0 saturated carbocycles. The van der Waals surface area contributed by atoms with Crippen molar-refractivity contribution >= 4 is 45.5 Å². The molecule has 118 valence electrons. The molecule has 1 aliphatic heterocycles. The van der Waals surface area contributed by atoms with Crippen LogP contribution in [-0.4, -0.2) is 48.4 Å². The maximum atomic E-state index is 11.4. The lowest BCUT2D eigenvalue weighted by Gasteiger charge is -2.52. The zero-order chi connectivity index (χ0) is 16.2. The van der Waals surface area contributed by atoms with Crippen molar-refractivity contribution in [3.63, 3.8) is 0 Å². The van der Waals surface area contributed by atoms with E-state index in [0.29, 0.717) is 18.0 Å². The summed E-state index contributed by atoms with van der Waals surface area (Å²) in [5.41, 5.74) is 6.36. The molecule has 0 radical (unpaired) electrons. The number of halogens is 1. The van der Waals surface area contributed by atoms with Crippen LogP contribution in [0.15, 0.2) is 6.33 Å². The average Bonchev–Trinajstić information content (AvgIpc) is 2.64. The van der Waals surface area contributed by atoms with E-state index in [1.165, 1.54) is 11.2 Å². The normalized spacial score (nSPS) is 21.9. The predicted molar refractivity (Wildman–Crippen MR) is 89.5 cm³/mol. The van der Waals surface area contributed by atoms with Crippen LogP contribution in [0.1, 0.15) is 26.8 Å². The number of anilines is 1. The molecule has 9 heteroatoms. The molecule has 0 aliphatic carbocycles. The molecular formula is C13H17IN6O2. The van der Waals surface area contributed by atoms with Gasteiger partial charge in [0.15, 0.2) is 5.65 Å². The van der Waals surface area contributed by atoms with Gasteiger partial charge in [-0.05, 0) is 28.0 Å². The number of nitrogens with zero attached hydrogens (tertiary/aromatic N) is 5. The van der Waals surface area contributed by atoms with E-state index in [2.05, 4.69) is 37.7 Å². The van der Waals surface area contributed by atoms with Crippen LogP contribution >= 0.6 is 22.6 Å². The van der Waals surface area contributed by atoms with Crippen LogP contribution in [0.25, 0.3) is 11.0 Å². The van der Waals surface area contributed by atoms with E-state index in [9.17, 15) is 9.90 Å². The summed E-state index contributed by atoms with van der Waals surface area (Å²) in [6, 6.07) is -0.225. The van der Waals surface area contributed by atoms with Gasteiger partial charge in [-0.1, -0.05) is 20.8 Å². The van der Waals surface area contributed by atoms with Gasteiger partial charge >= 0.3 is 6.09 Å². The molecule has 1 amide bonds. The van der Waals surface area contributed by atoms with E-state index in [0.717, 1.165) is 9.09 Å². The topological polar surface area (TPSA) is 110 Å². The minimum Gasteiger partial charge on any atom is -0.465 e. The lowest BCUT2D eigenvalue weighted by atomic mass is 9.76. The van der Waals surface area contributed by atoms with Crippen LogP contribution < -0.4 is 5.73 Å². The van der Waals surface area contributed by atoms with Crippen molar-refractivity contribution in [2.45, 2.75) is 32.9 Å². The third-order valence-electron chi connectivity index (χ3n) is 4.01.